The van der Waals surface area contributed by atoms with Crippen LogP contribution in [0.2, 0.25) is 0 Å². The molecular weight excluding hydrogens is 323 g/mol. The number of nitrogens with zero attached hydrogens (tertiary/aromatic N) is 4. The molecule has 0 aliphatic carbocycles. The van der Waals surface area contributed by atoms with Crippen molar-refractivity contribution in [2.45, 2.75) is 6.92 Å². The molecule has 0 aliphatic rings. The third kappa shape index (κ3) is 2.85. The van der Waals surface area contributed by atoms with Gasteiger partial charge in [0.25, 0.3) is 0 Å². The Morgan fingerprint density at radius 3 is 2.68 bits per heavy atom. The summed E-state index contributed by atoms with van der Waals surface area (Å²) in [5.74, 6) is 0.186. The van der Waals surface area contributed by atoms with Gasteiger partial charge in [0, 0.05) is 11.6 Å². The van der Waals surface area contributed by atoms with E-state index in [4.69, 9.17) is 10.00 Å². The molecule has 25 heavy (non-hydrogen) atoms. The number of hydrogen-bond acceptors (Lipinski definition) is 5. The number of rotatable bonds is 4. The van der Waals surface area contributed by atoms with E-state index >= 15 is 0 Å². The van der Waals surface area contributed by atoms with Crippen LogP contribution in [-0.2, 0) is 0 Å². The number of carbonyl (C=O) groups excluding carboxylic acids is 1. The average molecular weight is 336 g/mol. The van der Waals surface area contributed by atoms with E-state index in [1.807, 2.05) is 0 Å². The average Bonchev–Trinajstić information content (AvgIpc) is 2.98. The van der Waals surface area contributed by atoms with Crippen molar-refractivity contribution in [2.75, 3.05) is 7.11 Å². The summed E-state index contributed by atoms with van der Waals surface area (Å²) in [4.78, 5) is 19.7. The van der Waals surface area contributed by atoms with E-state index < -0.39 is 5.82 Å². The smallest absolute Gasteiger partial charge is 0.213 e. The molecule has 0 saturated carbocycles. The zero-order valence-corrected chi connectivity index (χ0v) is 13.5. The van der Waals surface area contributed by atoms with E-state index in [0.29, 0.717) is 34.9 Å². The third-order valence-electron chi connectivity index (χ3n) is 3.79. The highest BCUT2D eigenvalue weighted by Crippen LogP contribution is 2.27. The highest BCUT2D eigenvalue weighted by atomic mass is 19.1. The van der Waals surface area contributed by atoms with Crippen LogP contribution in [0.5, 0.6) is 5.88 Å². The van der Waals surface area contributed by atoms with E-state index in [9.17, 15) is 9.18 Å². The van der Waals surface area contributed by atoms with Gasteiger partial charge in [-0.2, -0.15) is 5.26 Å². The summed E-state index contributed by atoms with van der Waals surface area (Å²) in [6, 6.07) is 9.41. The van der Waals surface area contributed by atoms with Crippen molar-refractivity contribution < 1.29 is 13.9 Å². The van der Waals surface area contributed by atoms with Crippen molar-refractivity contribution >= 4 is 6.29 Å². The fourth-order valence-electron chi connectivity index (χ4n) is 2.51. The lowest BCUT2D eigenvalue weighted by Gasteiger charge is -2.11. The van der Waals surface area contributed by atoms with E-state index in [2.05, 4.69) is 9.97 Å². The van der Waals surface area contributed by atoms with Crippen molar-refractivity contribution in [2.24, 2.45) is 0 Å². The molecule has 0 atom stereocenters. The molecule has 0 N–H and O–H groups in total. The maximum Gasteiger partial charge on any atom is 0.213 e. The quantitative estimate of drug-likeness (QED) is 0.684. The first-order valence-corrected chi connectivity index (χ1v) is 7.34. The van der Waals surface area contributed by atoms with E-state index in [-0.39, 0.29) is 11.3 Å². The highest BCUT2D eigenvalue weighted by molar-refractivity contribution is 5.77. The number of aromatic nitrogens is 3. The second-order valence-electron chi connectivity index (χ2n) is 5.22. The van der Waals surface area contributed by atoms with Gasteiger partial charge in [0.15, 0.2) is 6.29 Å². The summed E-state index contributed by atoms with van der Waals surface area (Å²) in [6.07, 6.45) is 2.22. The molecule has 124 valence electrons. The number of benzene rings is 1. The first-order chi connectivity index (χ1) is 12.1. The predicted octanol–water partition coefficient (Wildman–Crippen LogP) is 3.07. The van der Waals surface area contributed by atoms with Crippen LogP contribution in [0.4, 0.5) is 4.39 Å². The van der Waals surface area contributed by atoms with Crippen molar-refractivity contribution in [1.82, 2.24) is 14.5 Å². The van der Waals surface area contributed by atoms with Crippen LogP contribution in [-0.4, -0.2) is 27.9 Å². The minimum Gasteiger partial charge on any atom is -0.481 e. The molecular formula is C18H13FN4O2. The summed E-state index contributed by atoms with van der Waals surface area (Å²) < 4.78 is 20.8. The molecule has 0 radical (unpaired) electrons. The van der Waals surface area contributed by atoms with Gasteiger partial charge in [0.1, 0.15) is 23.4 Å². The first kappa shape index (κ1) is 16.3. The maximum absolute atomic E-state index is 14.0. The number of nitriles is 1. The molecule has 0 amide bonds. The van der Waals surface area contributed by atoms with Gasteiger partial charge in [0.2, 0.25) is 5.88 Å². The Morgan fingerprint density at radius 2 is 2.12 bits per heavy atom. The Kier molecular flexibility index (Phi) is 4.27. The Balaban J connectivity index is 2.21. The van der Waals surface area contributed by atoms with Gasteiger partial charge < -0.3 is 4.74 Å². The highest BCUT2D eigenvalue weighted by Gasteiger charge is 2.18. The number of hydrogen-bond donors (Lipinski definition) is 0. The van der Waals surface area contributed by atoms with Crippen LogP contribution in [0.1, 0.15) is 21.7 Å². The SMILES string of the molecule is COc1ccc(-n2c(-c3ccc(C#N)c(F)c3)nc(C=O)c2C)cn1. The molecule has 7 heteroatoms. The number of pyridine rings is 1. The molecule has 3 rings (SSSR count). The lowest BCUT2D eigenvalue weighted by atomic mass is 10.1. The van der Waals surface area contributed by atoms with Gasteiger partial charge in [-0.05, 0) is 31.2 Å². The summed E-state index contributed by atoms with van der Waals surface area (Å²) in [5, 5.41) is 8.87. The van der Waals surface area contributed by atoms with Crippen molar-refractivity contribution in [3.05, 3.63) is 59.3 Å². The Bertz CT molecular complexity index is 988. The fraction of sp³-hybridized carbons (Fsp3) is 0.111. The van der Waals surface area contributed by atoms with E-state index in [1.165, 1.54) is 19.2 Å². The molecule has 0 fully saturated rings. The lowest BCUT2D eigenvalue weighted by Crippen LogP contribution is -2.01. The fourth-order valence-corrected chi connectivity index (χ4v) is 2.51. The van der Waals surface area contributed by atoms with E-state index in [1.54, 1.807) is 42.0 Å². The van der Waals surface area contributed by atoms with Crippen LogP contribution in [0.3, 0.4) is 0 Å². The van der Waals surface area contributed by atoms with Gasteiger partial charge in [-0.15, -0.1) is 0 Å². The minimum absolute atomic E-state index is 0.0553. The van der Waals surface area contributed by atoms with E-state index in [0.717, 1.165) is 0 Å². The van der Waals surface area contributed by atoms with Crippen LogP contribution in [0, 0.1) is 24.1 Å². The van der Waals surface area contributed by atoms with Gasteiger partial charge in [-0.1, -0.05) is 0 Å². The number of ether oxygens (including phenoxy) is 1. The van der Waals surface area contributed by atoms with Gasteiger partial charge in [0.05, 0.1) is 30.3 Å². The summed E-state index contributed by atoms with van der Waals surface area (Å²) in [6.45, 7) is 1.74. The molecule has 0 bridgehead atoms. The van der Waals surface area contributed by atoms with Gasteiger partial charge in [-0.3, -0.25) is 9.36 Å². The molecule has 2 heterocycles. The molecule has 2 aromatic heterocycles. The monoisotopic (exact) mass is 336 g/mol. The predicted molar refractivity (Wildman–Crippen MR) is 88.1 cm³/mol. The molecule has 0 saturated heterocycles. The van der Waals surface area contributed by atoms with Crippen molar-refractivity contribution in [3.8, 4) is 29.0 Å². The van der Waals surface area contributed by atoms with Gasteiger partial charge in [-0.25, -0.2) is 14.4 Å². The minimum atomic E-state index is -0.646. The Hall–Kier alpha value is -3.53. The normalized spacial score (nSPS) is 10.3. The van der Waals surface area contributed by atoms with Crippen LogP contribution in [0.15, 0.2) is 36.5 Å². The number of carbonyl (C=O) groups is 1. The largest absolute Gasteiger partial charge is 0.481 e. The van der Waals surface area contributed by atoms with Crippen molar-refractivity contribution in [3.63, 3.8) is 0 Å². The lowest BCUT2D eigenvalue weighted by molar-refractivity contribution is 0.111. The zero-order valence-electron chi connectivity index (χ0n) is 13.5. The topological polar surface area (TPSA) is 80.8 Å². The van der Waals surface area contributed by atoms with Crippen molar-refractivity contribution in [1.29, 1.82) is 5.26 Å². The van der Waals surface area contributed by atoms with Crippen LogP contribution in [0.25, 0.3) is 17.1 Å². The number of halogens is 1. The zero-order chi connectivity index (χ0) is 18.0. The third-order valence-corrected chi connectivity index (χ3v) is 3.79. The first-order valence-electron chi connectivity index (χ1n) is 7.34. The molecule has 0 aliphatic heterocycles. The maximum atomic E-state index is 14.0. The second kappa shape index (κ2) is 6.53. The summed E-state index contributed by atoms with van der Waals surface area (Å²) in [7, 11) is 1.51. The molecule has 3 aromatic rings. The summed E-state index contributed by atoms with van der Waals surface area (Å²) >= 11 is 0. The molecule has 0 spiro atoms. The number of aldehydes is 1. The Labute approximate surface area is 143 Å². The molecule has 6 nitrogen and oxygen atoms in total. The summed E-state index contributed by atoms with van der Waals surface area (Å²) in [5.41, 5.74) is 1.89. The van der Waals surface area contributed by atoms with Crippen LogP contribution >= 0.6 is 0 Å². The van der Waals surface area contributed by atoms with Gasteiger partial charge >= 0.3 is 0 Å². The number of imidazole rings is 1. The van der Waals surface area contributed by atoms with Crippen LogP contribution < -0.4 is 4.74 Å². The Morgan fingerprint density at radius 1 is 1.32 bits per heavy atom. The molecule has 1 aromatic carbocycles. The standard InChI is InChI=1S/C18H13FN4O2/c1-11-16(10-24)22-18(12-3-4-13(8-20)15(19)7-12)23(11)14-5-6-17(25-2)21-9-14/h3-7,9-10H,1-2H3. The number of methoxy groups -OCH3 is 1. The molecule has 0 unspecified atom stereocenters. The second-order valence-corrected chi connectivity index (χ2v) is 5.22.